The number of fused-ring (bicyclic) bond motifs is 1. The Bertz CT molecular complexity index is 1000. The van der Waals surface area contributed by atoms with Crippen LogP contribution in [0.3, 0.4) is 0 Å². The van der Waals surface area contributed by atoms with E-state index < -0.39 is 41.8 Å². The van der Waals surface area contributed by atoms with Crippen molar-refractivity contribution < 1.29 is 34.2 Å². The fourth-order valence-electron chi connectivity index (χ4n) is 2.76. The Kier molecular flexibility index (Phi) is 6.07. The van der Waals surface area contributed by atoms with Gasteiger partial charge in [-0.15, -0.1) is 23.1 Å². The minimum absolute atomic E-state index is 0.0420. The maximum Gasteiger partial charge on any atom is 0.352 e. The number of thiazole rings is 1. The monoisotopic (exact) mass is 453 g/mol. The third-order valence-corrected chi connectivity index (χ3v) is 6.03. The molecule has 1 aromatic rings. The van der Waals surface area contributed by atoms with Crippen LogP contribution >= 0.6 is 23.1 Å². The van der Waals surface area contributed by atoms with Crippen molar-refractivity contribution in [1.29, 1.82) is 0 Å². The number of carbonyl (C=O) groups excluding carboxylic acids is 2. The Hall–Kier alpha value is -3.39. The van der Waals surface area contributed by atoms with Gasteiger partial charge < -0.3 is 26.1 Å². The summed E-state index contributed by atoms with van der Waals surface area (Å²) in [6, 6.07) is -1.01. The molecule has 12 nitrogen and oxygen atoms in total. The topological polar surface area (TPSA) is 185 Å². The van der Waals surface area contributed by atoms with Gasteiger partial charge in [0.25, 0.3) is 11.8 Å². The number of nitrogen functional groups attached to an aromatic ring is 1. The second-order valence-electron chi connectivity index (χ2n) is 5.92. The maximum atomic E-state index is 12.7. The number of amides is 2. The van der Waals surface area contributed by atoms with Crippen molar-refractivity contribution in [2.75, 3.05) is 18.1 Å². The van der Waals surface area contributed by atoms with Gasteiger partial charge in [0, 0.05) is 11.1 Å². The van der Waals surface area contributed by atoms with Gasteiger partial charge >= 0.3 is 11.9 Å². The van der Waals surface area contributed by atoms with Crippen LogP contribution in [0.5, 0.6) is 0 Å². The fraction of sp³-hybridized carbons (Fsp3) is 0.250. The highest BCUT2D eigenvalue weighted by Gasteiger charge is 2.54. The molecule has 1 aromatic heterocycles. The van der Waals surface area contributed by atoms with Crippen LogP contribution in [-0.2, 0) is 24.0 Å². The molecule has 0 radical (unpaired) electrons. The molecule has 1 saturated heterocycles. The molecule has 0 aromatic carbocycles. The lowest BCUT2D eigenvalue weighted by atomic mass is 10.0. The summed E-state index contributed by atoms with van der Waals surface area (Å²) in [4.78, 5) is 57.1. The van der Waals surface area contributed by atoms with Gasteiger partial charge in [-0.2, -0.15) is 0 Å². The molecule has 3 heterocycles. The van der Waals surface area contributed by atoms with Gasteiger partial charge in [0.1, 0.15) is 22.8 Å². The Labute approximate surface area is 177 Å². The molecule has 1 unspecified atom stereocenters. The van der Waals surface area contributed by atoms with Crippen LogP contribution < -0.4 is 11.1 Å². The summed E-state index contributed by atoms with van der Waals surface area (Å²) in [6.45, 7) is 2.77. The number of allylic oxidation sites excluding steroid dienone is 1. The quantitative estimate of drug-likeness (QED) is 0.226. The molecule has 2 aliphatic heterocycles. The van der Waals surface area contributed by atoms with Crippen LogP contribution in [0.4, 0.5) is 5.13 Å². The largest absolute Gasteiger partial charge is 0.479 e. The zero-order chi connectivity index (χ0) is 22.0. The highest BCUT2D eigenvalue weighted by atomic mass is 32.2. The minimum atomic E-state index is -1.30. The molecule has 0 saturated carbocycles. The van der Waals surface area contributed by atoms with Crippen LogP contribution in [0.2, 0.25) is 0 Å². The number of hydrogen-bond donors (Lipinski definition) is 4. The summed E-state index contributed by atoms with van der Waals surface area (Å²) in [5.74, 6) is -3.72. The fourth-order valence-corrected chi connectivity index (χ4v) is 4.65. The number of carboxylic acid groups (broad SMARTS) is 2. The minimum Gasteiger partial charge on any atom is -0.479 e. The van der Waals surface area contributed by atoms with Gasteiger partial charge in [-0.25, -0.2) is 14.6 Å². The molecule has 2 atom stereocenters. The Balaban J connectivity index is 1.79. The number of hydrogen-bond acceptors (Lipinski definition) is 10. The first-order valence-corrected chi connectivity index (χ1v) is 10.1. The standard InChI is InChI=1S/C16H15N5O7S2/c1-2-6-4-29-14-10(13(25)21(14)11(6)15(26)27)19-12(24)9(20-28-3-8(22)23)7-5-30-16(17)18-7/h2,5,10,14H,1,3-4H2,(H2,17,18)(H,19,24)(H,22,23)(H,26,27)/b20-9-/t10?,14-/m0/s1. The van der Waals surface area contributed by atoms with Crippen molar-refractivity contribution in [2.24, 2.45) is 5.16 Å². The van der Waals surface area contributed by atoms with Crippen molar-refractivity contribution in [3.8, 4) is 0 Å². The van der Waals surface area contributed by atoms with Gasteiger partial charge in [0.05, 0.1) is 0 Å². The van der Waals surface area contributed by atoms with Crippen molar-refractivity contribution >= 4 is 57.7 Å². The number of oxime groups is 1. The summed E-state index contributed by atoms with van der Waals surface area (Å²) in [7, 11) is 0. The van der Waals surface area contributed by atoms with E-state index in [-0.39, 0.29) is 22.2 Å². The van der Waals surface area contributed by atoms with Gasteiger partial charge in [-0.3, -0.25) is 14.5 Å². The molecular weight excluding hydrogens is 438 g/mol. The average Bonchev–Trinajstić information content (AvgIpc) is 3.13. The molecule has 30 heavy (non-hydrogen) atoms. The molecule has 0 aliphatic carbocycles. The molecule has 5 N–H and O–H groups in total. The first-order valence-electron chi connectivity index (χ1n) is 8.22. The summed E-state index contributed by atoms with van der Waals surface area (Å²) in [5, 5.41) is 25.0. The second-order valence-corrected chi connectivity index (χ2v) is 7.92. The normalized spacial score (nSPS) is 20.9. The van der Waals surface area contributed by atoms with Crippen molar-refractivity contribution in [2.45, 2.75) is 11.4 Å². The molecule has 158 valence electrons. The van der Waals surface area contributed by atoms with Crippen LogP contribution in [0, 0.1) is 0 Å². The predicted molar refractivity (Wildman–Crippen MR) is 107 cm³/mol. The first kappa shape index (κ1) is 21.3. The Morgan fingerprint density at radius 2 is 2.20 bits per heavy atom. The summed E-state index contributed by atoms with van der Waals surface area (Å²) in [6.07, 6.45) is 1.38. The Morgan fingerprint density at radius 3 is 2.77 bits per heavy atom. The lowest BCUT2D eigenvalue weighted by Gasteiger charge is -2.49. The number of aliphatic carboxylic acids is 2. The zero-order valence-electron chi connectivity index (χ0n) is 15.1. The Morgan fingerprint density at radius 1 is 1.47 bits per heavy atom. The van der Waals surface area contributed by atoms with Crippen LogP contribution in [-0.4, -0.2) is 73.3 Å². The van der Waals surface area contributed by atoms with E-state index in [1.807, 2.05) is 0 Å². The number of anilines is 1. The third-order valence-electron chi connectivity index (χ3n) is 4.06. The average molecular weight is 453 g/mol. The number of nitrogens with zero attached hydrogens (tertiary/aromatic N) is 3. The highest BCUT2D eigenvalue weighted by Crippen LogP contribution is 2.40. The number of nitrogens with two attached hydrogens (primary N) is 1. The lowest BCUT2D eigenvalue weighted by molar-refractivity contribution is -0.150. The lowest BCUT2D eigenvalue weighted by Crippen LogP contribution is -2.71. The molecule has 14 heteroatoms. The van der Waals surface area contributed by atoms with E-state index >= 15 is 0 Å². The number of aromatic nitrogens is 1. The van der Waals surface area contributed by atoms with Crippen molar-refractivity contribution in [3.63, 3.8) is 0 Å². The predicted octanol–water partition coefficient (Wildman–Crippen LogP) is -0.545. The summed E-state index contributed by atoms with van der Waals surface area (Å²) in [5.41, 5.74) is 5.48. The maximum absolute atomic E-state index is 12.7. The molecule has 2 amide bonds. The van der Waals surface area contributed by atoms with E-state index in [4.69, 9.17) is 10.8 Å². The highest BCUT2D eigenvalue weighted by molar-refractivity contribution is 8.00. The van der Waals surface area contributed by atoms with Gasteiger partial charge in [-0.1, -0.05) is 17.8 Å². The van der Waals surface area contributed by atoms with Crippen LogP contribution in [0.1, 0.15) is 5.69 Å². The third kappa shape index (κ3) is 3.99. The number of rotatable bonds is 8. The molecular formula is C16H15N5O7S2. The summed E-state index contributed by atoms with van der Waals surface area (Å²) >= 11 is 2.30. The molecule has 3 rings (SSSR count). The van der Waals surface area contributed by atoms with Crippen LogP contribution in [0.15, 0.2) is 34.5 Å². The van der Waals surface area contributed by atoms with E-state index in [9.17, 15) is 24.3 Å². The second kappa shape index (κ2) is 8.54. The molecule has 1 fully saturated rings. The first-order chi connectivity index (χ1) is 14.2. The number of carbonyl (C=O) groups is 4. The number of β-lactam (4-membered cyclic amide) rings is 1. The van der Waals surface area contributed by atoms with E-state index in [0.717, 1.165) is 16.2 Å². The zero-order valence-corrected chi connectivity index (χ0v) is 16.7. The van der Waals surface area contributed by atoms with E-state index in [1.165, 1.54) is 23.2 Å². The SMILES string of the molecule is C=CC1=C(C(=O)O)N2C(=O)C(NC(=O)/C(=N\OCC(=O)O)c3csc(N)n3)[C@@H]2SC1. The molecule has 2 aliphatic rings. The van der Waals surface area contributed by atoms with E-state index in [2.05, 4.69) is 26.9 Å². The van der Waals surface area contributed by atoms with Crippen molar-refractivity contribution in [1.82, 2.24) is 15.2 Å². The number of carboxylic acids is 2. The smallest absolute Gasteiger partial charge is 0.352 e. The van der Waals surface area contributed by atoms with Crippen LogP contribution in [0.25, 0.3) is 0 Å². The molecule has 0 spiro atoms. The summed E-state index contributed by atoms with van der Waals surface area (Å²) < 4.78 is 0. The van der Waals surface area contributed by atoms with Gasteiger partial charge in [-0.05, 0) is 5.57 Å². The van der Waals surface area contributed by atoms with Gasteiger partial charge in [0.15, 0.2) is 10.8 Å². The number of nitrogens with one attached hydrogen (secondary N) is 1. The number of thioether (sulfide) groups is 1. The van der Waals surface area contributed by atoms with E-state index in [1.54, 1.807) is 0 Å². The van der Waals surface area contributed by atoms with Gasteiger partial charge in [0.2, 0.25) is 6.61 Å². The van der Waals surface area contributed by atoms with Crippen molar-refractivity contribution in [3.05, 3.63) is 35.0 Å². The molecule has 0 bridgehead atoms. The van der Waals surface area contributed by atoms with E-state index in [0.29, 0.717) is 11.3 Å².